The lowest BCUT2D eigenvalue weighted by Gasteiger charge is -2.33. The Morgan fingerprint density at radius 1 is 1.22 bits per heavy atom. The molecule has 0 radical (unpaired) electrons. The molecule has 2 fully saturated rings. The maximum absolute atomic E-state index is 12.7. The van der Waals surface area contributed by atoms with Crippen LogP contribution < -0.4 is 10.6 Å². The van der Waals surface area contributed by atoms with Crippen molar-refractivity contribution in [1.29, 1.82) is 0 Å². The van der Waals surface area contributed by atoms with E-state index in [-0.39, 0.29) is 28.8 Å². The van der Waals surface area contributed by atoms with Crippen molar-refractivity contribution in [2.75, 3.05) is 18.4 Å². The molecule has 1 saturated carbocycles. The van der Waals surface area contributed by atoms with Crippen LogP contribution in [-0.4, -0.2) is 50.7 Å². The standard InChI is InChI=1S/C23H29ClN6O2/c1-14(31)29-6-4-5-23(13-29)9-19(23)27-21(32)28-20-7-15(17(24)11-25-20)16-10-26-30-12-22(2,3)8-18(16)30/h7,10-11,19H,4-6,8-9,12-13H2,1-3H3,(H2,25,27,28,32)/t19-,23+/m0/s1. The molecule has 2 aromatic rings. The van der Waals surface area contributed by atoms with E-state index in [2.05, 4.69) is 34.6 Å². The first kappa shape index (κ1) is 21.2. The number of carbonyl (C=O) groups is 2. The number of carbonyl (C=O) groups excluding carboxylic acids is 2. The molecule has 4 heterocycles. The highest BCUT2D eigenvalue weighted by molar-refractivity contribution is 6.33. The molecule has 0 aromatic carbocycles. The van der Waals surface area contributed by atoms with Crippen molar-refractivity contribution in [3.8, 4) is 11.1 Å². The van der Waals surface area contributed by atoms with Crippen molar-refractivity contribution in [1.82, 2.24) is 25.0 Å². The molecule has 2 atom stereocenters. The summed E-state index contributed by atoms with van der Waals surface area (Å²) >= 11 is 6.47. The summed E-state index contributed by atoms with van der Waals surface area (Å²) in [6.07, 6.45) is 7.25. The number of aromatic nitrogens is 3. The number of amides is 3. The molecule has 3 amide bonds. The summed E-state index contributed by atoms with van der Waals surface area (Å²) in [5.41, 5.74) is 3.15. The number of urea groups is 1. The zero-order chi connectivity index (χ0) is 22.7. The summed E-state index contributed by atoms with van der Waals surface area (Å²) in [7, 11) is 0. The minimum Gasteiger partial charge on any atom is -0.342 e. The second kappa shape index (κ2) is 7.47. The fourth-order valence-corrected chi connectivity index (χ4v) is 5.53. The molecule has 9 heteroatoms. The van der Waals surface area contributed by atoms with E-state index in [0.717, 1.165) is 62.1 Å². The summed E-state index contributed by atoms with van der Waals surface area (Å²) in [4.78, 5) is 30.6. The van der Waals surface area contributed by atoms with Crippen LogP contribution in [0.4, 0.5) is 10.6 Å². The molecule has 2 N–H and O–H groups in total. The van der Waals surface area contributed by atoms with Crippen LogP contribution in [0.1, 0.15) is 45.7 Å². The number of likely N-dealkylation sites (tertiary alicyclic amines) is 1. The second-order valence-corrected chi connectivity index (χ2v) is 10.7. The monoisotopic (exact) mass is 456 g/mol. The molecule has 32 heavy (non-hydrogen) atoms. The lowest BCUT2D eigenvalue weighted by Crippen LogP contribution is -2.43. The third kappa shape index (κ3) is 3.85. The lowest BCUT2D eigenvalue weighted by molar-refractivity contribution is -0.131. The summed E-state index contributed by atoms with van der Waals surface area (Å²) in [6, 6.07) is 1.61. The third-order valence-corrected chi connectivity index (χ3v) is 7.41. The van der Waals surface area contributed by atoms with Gasteiger partial charge in [0.1, 0.15) is 5.82 Å². The van der Waals surface area contributed by atoms with Gasteiger partial charge in [0.2, 0.25) is 5.91 Å². The van der Waals surface area contributed by atoms with Crippen molar-refractivity contribution >= 4 is 29.4 Å². The minimum atomic E-state index is -0.283. The topological polar surface area (TPSA) is 92.2 Å². The van der Waals surface area contributed by atoms with E-state index in [4.69, 9.17) is 11.6 Å². The Kier molecular flexibility index (Phi) is 4.96. The number of halogens is 1. The average molecular weight is 457 g/mol. The van der Waals surface area contributed by atoms with Crippen LogP contribution in [0.3, 0.4) is 0 Å². The number of anilines is 1. The fraction of sp³-hybridized carbons (Fsp3) is 0.565. The predicted octanol–water partition coefficient (Wildman–Crippen LogP) is 3.70. The molecular formula is C23H29ClN6O2. The molecule has 8 nitrogen and oxygen atoms in total. The predicted molar refractivity (Wildman–Crippen MR) is 122 cm³/mol. The van der Waals surface area contributed by atoms with Crippen molar-refractivity contribution in [3.05, 3.63) is 29.2 Å². The summed E-state index contributed by atoms with van der Waals surface area (Å²) in [5.74, 6) is 0.551. The summed E-state index contributed by atoms with van der Waals surface area (Å²) in [6.45, 7) is 8.47. The lowest BCUT2D eigenvalue weighted by atomic mass is 9.89. The van der Waals surface area contributed by atoms with E-state index < -0.39 is 0 Å². The number of rotatable bonds is 3. The Morgan fingerprint density at radius 3 is 2.81 bits per heavy atom. The molecule has 0 unspecified atom stereocenters. The number of piperidine rings is 1. The number of nitrogens with one attached hydrogen (secondary N) is 2. The summed E-state index contributed by atoms with van der Waals surface area (Å²) < 4.78 is 2.03. The second-order valence-electron chi connectivity index (χ2n) is 10.3. The maximum atomic E-state index is 12.7. The van der Waals surface area contributed by atoms with Gasteiger partial charge in [-0.15, -0.1) is 0 Å². The molecule has 5 rings (SSSR count). The Bertz CT molecular complexity index is 1100. The van der Waals surface area contributed by atoms with Crippen molar-refractivity contribution in [2.24, 2.45) is 10.8 Å². The van der Waals surface area contributed by atoms with E-state index in [0.29, 0.717) is 10.8 Å². The van der Waals surface area contributed by atoms with Gasteiger partial charge in [0.05, 0.1) is 11.2 Å². The largest absolute Gasteiger partial charge is 0.342 e. The maximum Gasteiger partial charge on any atom is 0.320 e. The molecular weight excluding hydrogens is 428 g/mol. The van der Waals surface area contributed by atoms with Crippen LogP contribution in [0.15, 0.2) is 18.5 Å². The van der Waals surface area contributed by atoms with Gasteiger partial charge in [0, 0.05) is 61.0 Å². The molecule has 0 bridgehead atoms. The molecule has 1 aliphatic carbocycles. The van der Waals surface area contributed by atoms with Crippen LogP contribution >= 0.6 is 11.6 Å². The molecule has 2 aromatic heterocycles. The third-order valence-electron chi connectivity index (χ3n) is 7.11. The van der Waals surface area contributed by atoms with Crippen molar-refractivity contribution in [2.45, 2.75) is 59.0 Å². The van der Waals surface area contributed by atoms with Gasteiger partial charge in [-0.3, -0.25) is 14.8 Å². The smallest absolute Gasteiger partial charge is 0.320 e. The van der Waals surface area contributed by atoms with Gasteiger partial charge < -0.3 is 10.2 Å². The highest BCUT2D eigenvalue weighted by atomic mass is 35.5. The average Bonchev–Trinajstić information content (AvgIpc) is 3.04. The number of hydrogen-bond donors (Lipinski definition) is 2. The first-order valence-corrected chi connectivity index (χ1v) is 11.6. The van der Waals surface area contributed by atoms with Gasteiger partial charge in [-0.05, 0) is 37.2 Å². The van der Waals surface area contributed by atoms with Gasteiger partial charge in [0.15, 0.2) is 0 Å². The molecule has 3 aliphatic rings. The number of nitrogens with zero attached hydrogens (tertiary/aromatic N) is 4. The number of pyridine rings is 1. The van der Waals surface area contributed by atoms with Crippen LogP contribution in [0.2, 0.25) is 5.02 Å². The fourth-order valence-electron chi connectivity index (χ4n) is 5.33. The number of hydrogen-bond acceptors (Lipinski definition) is 4. The number of fused-ring (bicyclic) bond motifs is 1. The molecule has 170 valence electrons. The summed E-state index contributed by atoms with van der Waals surface area (Å²) in [5, 5.41) is 11.0. The van der Waals surface area contributed by atoms with Crippen LogP contribution in [-0.2, 0) is 17.8 Å². The molecule has 2 aliphatic heterocycles. The van der Waals surface area contributed by atoms with E-state index in [1.807, 2.05) is 21.8 Å². The Morgan fingerprint density at radius 2 is 2.03 bits per heavy atom. The van der Waals surface area contributed by atoms with E-state index in [1.165, 1.54) is 0 Å². The Balaban J connectivity index is 1.27. The van der Waals surface area contributed by atoms with Gasteiger partial charge in [-0.1, -0.05) is 25.4 Å². The van der Waals surface area contributed by atoms with Gasteiger partial charge in [-0.2, -0.15) is 5.10 Å². The zero-order valence-corrected chi connectivity index (χ0v) is 19.5. The van der Waals surface area contributed by atoms with Gasteiger partial charge in [-0.25, -0.2) is 9.78 Å². The Hall–Kier alpha value is -2.61. The van der Waals surface area contributed by atoms with Crippen molar-refractivity contribution in [3.63, 3.8) is 0 Å². The normalized spacial score (nSPS) is 25.5. The Labute approximate surface area is 192 Å². The first-order chi connectivity index (χ1) is 15.2. The van der Waals surface area contributed by atoms with Crippen molar-refractivity contribution < 1.29 is 9.59 Å². The first-order valence-electron chi connectivity index (χ1n) is 11.2. The molecule has 1 spiro atoms. The van der Waals surface area contributed by atoms with E-state index in [9.17, 15) is 9.59 Å². The van der Waals surface area contributed by atoms with Crippen LogP contribution in [0.5, 0.6) is 0 Å². The van der Waals surface area contributed by atoms with E-state index in [1.54, 1.807) is 13.1 Å². The van der Waals surface area contributed by atoms with E-state index >= 15 is 0 Å². The van der Waals surface area contributed by atoms with Gasteiger partial charge in [0.25, 0.3) is 0 Å². The highest BCUT2D eigenvalue weighted by Crippen LogP contribution is 2.52. The van der Waals surface area contributed by atoms with Crippen LogP contribution in [0.25, 0.3) is 11.1 Å². The van der Waals surface area contributed by atoms with Gasteiger partial charge >= 0.3 is 6.03 Å². The minimum absolute atomic E-state index is 0.0192. The SMILES string of the molecule is CC(=O)N1CCC[C@@]2(C[C@@H]2NC(=O)Nc2cc(-c3cnn4c3CC(C)(C)C4)c(Cl)cn2)C1. The van der Waals surface area contributed by atoms with Crippen LogP contribution in [0, 0.1) is 10.8 Å². The zero-order valence-electron chi connectivity index (χ0n) is 18.7. The quantitative estimate of drug-likeness (QED) is 0.736. The molecule has 1 saturated heterocycles. The highest BCUT2D eigenvalue weighted by Gasteiger charge is 2.56.